The van der Waals surface area contributed by atoms with Gasteiger partial charge in [0, 0.05) is 44.2 Å². The fraction of sp³-hybridized carbons (Fsp3) is 0.483. The van der Waals surface area contributed by atoms with Crippen LogP contribution in [-0.4, -0.2) is 77.0 Å². The summed E-state index contributed by atoms with van der Waals surface area (Å²) in [4.78, 5) is 16.3. The Bertz CT molecular complexity index is 1080. The number of amides is 1. The van der Waals surface area contributed by atoms with E-state index in [0.29, 0.717) is 52.0 Å². The molecule has 0 bridgehead atoms. The number of likely N-dealkylation sites (tertiary alicyclic amines) is 2. The van der Waals surface area contributed by atoms with Gasteiger partial charge in [-0.25, -0.2) is 8.78 Å². The average Bonchev–Trinajstić information content (AvgIpc) is 2.85. The minimum Gasteiger partial charge on any atom is -0.493 e. The summed E-state index contributed by atoms with van der Waals surface area (Å²) in [6, 6.07) is 11.0. The Balaban J connectivity index is 1.18. The summed E-state index contributed by atoms with van der Waals surface area (Å²) >= 11 is 0. The third-order valence-corrected chi connectivity index (χ3v) is 7.46. The van der Waals surface area contributed by atoms with Crippen LogP contribution in [0.25, 0.3) is 6.08 Å². The molecule has 0 radical (unpaired) electrons. The first kappa shape index (κ1) is 27.2. The molecular formula is C29H36F2N2O4. The smallest absolute Gasteiger partial charge is 0.246 e. The third kappa shape index (κ3) is 7.84. The Morgan fingerprint density at radius 1 is 1.14 bits per heavy atom. The summed E-state index contributed by atoms with van der Waals surface area (Å²) in [6.45, 7) is 5.40. The molecule has 2 aliphatic rings. The number of hydrogen-bond donors (Lipinski definition) is 2. The Kier molecular flexibility index (Phi) is 8.95. The molecule has 8 heteroatoms. The highest BCUT2D eigenvalue weighted by atomic mass is 19.1. The number of carbonyl (C=O) groups is 1. The Morgan fingerprint density at radius 3 is 2.54 bits per heavy atom. The summed E-state index contributed by atoms with van der Waals surface area (Å²) in [5.41, 5.74) is 0.562. The molecule has 1 amide bonds. The molecule has 6 nitrogen and oxygen atoms in total. The minimum absolute atomic E-state index is 0.0750. The molecule has 2 atom stereocenters. The van der Waals surface area contributed by atoms with Crippen LogP contribution in [0.3, 0.4) is 0 Å². The lowest BCUT2D eigenvalue weighted by atomic mass is 9.87. The molecule has 0 aromatic heterocycles. The Labute approximate surface area is 217 Å². The van der Waals surface area contributed by atoms with E-state index >= 15 is 0 Å². The highest BCUT2D eigenvalue weighted by Gasteiger charge is 2.35. The van der Waals surface area contributed by atoms with Gasteiger partial charge in [-0.2, -0.15) is 0 Å². The van der Waals surface area contributed by atoms with Gasteiger partial charge in [0.1, 0.15) is 17.4 Å². The average molecular weight is 515 g/mol. The zero-order valence-electron chi connectivity index (χ0n) is 21.3. The SMILES string of the molecule is Cc1cccc(OCC2CCN(CCC3(O)CCN(C(=O)/C=C/c4cc(F)cc(F)c4)CC3)CC2O)c1. The van der Waals surface area contributed by atoms with Crippen molar-refractivity contribution >= 4 is 12.0 Å². The standard InChI is InChI=1S/C29H36F2N2O4/c1-21-3-2-4-26(15-21)37-20-23-7-11-32(19-27(23)34)12-8-29(36)9-13-33(14-10-29)28(35)6-5-22-16-24(30)18-25(31)17-22/h2-6,15-18,23,27,34,36H,7-14,19-20H2,1H3/b6-5+. The lowest BCUT2D eigenvalue weighted by Gasteiger charge is -2.41. The van der Waals surface area contributed by atoms with Gasteiger partial charge in [0.05, 0.1) is 18.3 Å². The maximum absolute atomic E-state index is 13.3. The van der Waals surface area contributed by atoms with Crippen LogP contribution in [0.5, 0.6) is 5.75 Å². The van der Waals surface area contributed by atoms with Crippen molar-refractivity contribution < 1.29 is 28.5 Å². The van der Waals surface area contributed by atoms with E-state index in [4.69, 9.17) is 4.74 Å². The van der Waals surface area contributed by atoms with Crippen LogP contribution in [0, 0.1) is 24.5 Å². The molecule has 0 spiro atoms. The van der Waals surface area contributed by atoms with Crippen LogP contribution in [0.2, 0.25) is 0 Å². The fourth-order valence-electron chi connectivity index (χ4n) is 5.06. The van der Waals surface area contributed by atoms with Crippen molar-refractivity contribution in [1.29, 1.82) is 0 Å². The monoisotopic (exact) mass is 514 g/mol. The number of aryl methyl sites for hydroxylation is 1. The van der Waals surface area contributed by atoms with Crippen molar-refractivity contribution in [2.24, 2.45) is 5.92 Å². The van der Waals surface area contributed by atoms with E-state index in [1.54, 1.807) is 4.90 Å². The Hall–Kier alpha value is -2.81. The summed E-state index contributed by atoms with van der Waals surface area (Å²) in [7, 11) is 0. The van der Waals surface area contributed by atoms with Gasteiger partial charge in [0.25, 0.3) is 0 Å². The largest absolute Gasteiger partial charge is 0.493 e. The number of aliphatic hydroxyl groups excluding tert-OH is 1. The first-order valence-corrected chi connectivity index (χ1v) is 12.9. The van der Waals surface area contributed by atoms with E-state index in [1.807, 2.05) is 31.2 Å². The summed E-state index contributed by atoms with van der Waals surface area (Å²) in [6.07, 6.45) is 4.56. The van der Waals surface area contributed by atoms with Crippen molar-refractivity contribution in [3.8, 4) is 5.75 Å². The van der Waals surface area contributed by atoms with Crippen molar-refractivity contribution in [2.75, 3.05) is 39.3 Å². The molecule has 4 rings (SSSR count). The second kappa shape index (κ2) is 12.2. The minimum atomic E-state index is -0.859. The molecule has 2 aliphatic heterocycles. The number of aliphatic hydroxyl groups is 2. The van der Waals surface area contributed by atoms with E-state index in [1.165, 1.54) is 24.3 Å². The lowest BCUT2D eigenvalue weighted by Crippen LogP contribution is -2.50. The van der Waals surface area contributed by atoms with E-state index in [2.05, 4.69) is 4.90 Å². The van der Waals surface area contributed by atoms with Gasteiger partial charge >= 0.3 is 0 Å². The van der Waals surface area contributed by atoms with Crippen molar-refractivity contribution in [1.82, 2.24) is 9.80 Å². The van der Waals surface area contributed by atoms with Crippen molar-refractivity contribution in [2.45, 2.75) is 44.3 Å². The van der Waals surface area contributed by atoms with Crippen LogP contribution in [0.1, 0.15) is 36.8 Å². The fourth-order valence-corrected chi connectivity index (χ4v) is 5.06. The highest BCUT2D eigenvalue weighted by molar-refractivity contribution is 5.91. The van der Waals surface area contributed by atoms with Gasteiger partial charge in [-0.3, -0.25) is 4.79 Å². The van der Waals surface area contributed by atoms with Crippen LogP contribution in [0.4, 0.5) is 8.78 Å². The molecule has 0 aliphatic carbocycles. The van der Waals surface area contributed by atoms with E-state index in [0.717, 1.165) is 30.3 Å². The van der Waals surface area contributed by atoms with Crippen LogP contribution >= 0.6 is 0 Å². The molecule has 0 saturated carbocycles. The molecular weight excluding hydrogens is 478 g/mol. The summed E-state index contributed by atoms with van der Waals surface area (Å²) < 4.78 is 32.6. The van der Waals surface area contributed by atoms with Crippen molar-refractivity contribution in [3.05, 3.63) is 71.3 Å². The van der Waals surface area contributed by atoms with Crippen molar-refractivity contribution in [3.63, 3.8) is 0 Å². The molecule has 2 unspecified atom stereocenters. The third-order valence-electron chi connectivity index (χ3n) is 7.46. The van der Waals surface area contributed by atoms with Gasteiger partial charge in [0.2, 0.25) is 5.91 Å². The van der Waals surface area contributed by atoms with E-state index in [-0.39, 0.29) is 17.4 Å². The van der Waals surface area contributed by atoms with Gasteiger partial charge < -0.3 is 24.7 Å². The molecule has 2 N–H and O–H groups in total. The van der Waals surface area contributed by atoms with Gasteiger partial charge in [-0.05, 0) is 80.6 Å². The van der Waals surface area contributed by atoms with Gasteiger partial charge in [0.15, 0.2) is 0 Å². The van der Waals surface area contributed by atoms with Gasteiger partial charge in [-0.1, -0.05) is 12.1 Å². The van der Waals surface area contributed by atoms with Crippen LogP contribution < -0.4 is 4.74 Å². The molecule has 2 saturated heterocycles. The number of rotatable bonds is 8. The first-order valence-electron chi connectivity index (χ1n) is 12.9. The molecule has 2 fully saturated rings. The predicted molar refractivity (Wildman–Crippen MR) is 138 cm³/mol. The quantitative estimate of drug-likeness (QED) is 0.525. The number of nitrogens with zero attached hydrogens (tertiary/aromatic N) is 2. The molecule has 2 aromatic rings. The van der Waals surface area contributed by atoms with Gasteiger partial charge in [-0.15, -0.1) is 0 Å². The molecule has 37 heavy (non-hydrogen) atoms. The topological polar surface area (TPSA) is 73.2 Å². The Morgan fingerprint density at radius 2 is 1.86 bits per heavy atom. The molecule has 2 aromatic carbocycles. The van der Waals surface area contributed by atoms with E-state index < -0.39 is 23.3 Å². The number of hydrogen-bond acceptors (Lipinski definition) is 5. The summed E-state index contributed by atoms with van der Waals surface area (Å²) in [5.74, 6) is -0.735. The zero-order valence-corrected chi connectivity index (χ0v) is 21.3. The number of β-amino-alcohol motifs (C(OH)–C–C–N with tert-alkyl or cyclic N) is 1. The maximum Gasteiger partial charge on any atom is 0.246 e. The van der Waals surface area contributed by atoms with Crippen LogP contribution in [-0.2, 0) is 4.79 Å². The first-order chi connectivity index (χ1) is 17.7. The molecule has 2 heterocycles. The highest BCUT2D eigenvalue weighted by Crippen LogP contribution is 2.28. The second-order valence-electron chi connectivity index (χ2n) is 10.4. The number of ether oxygens (including phenoxy) is 1. The van der Waals surface area contributed by atoms with Crippen LogP contribution in [0.15, 0.2) is 48.5 Å². The number of piperidine rings is 2. The number of benzene rings is 2. The lowest BCUT2D eigenvalue weighted by molar-refractivity contribution is -0.130. The zero-order chi connectivity index (χ0) is 26.4. The predicted octanol–water partition coefficient (Wildman–Crippen LogP) is 3.79. The normalized spacial score (nSPS) is 22.4. The molecule has 200 valence electrons. The number of carbonyl (C=O) groups excluding carboxylic acids is 1. The number of halogens is 2. The summed E-state index contributed by atoms with van der Waals surface area (Å²) in [5, 5.41) is 21.7. The maximum atomic E-state index is 13.3. The van der Waals surface area contributed by atoms with E-state index in [9.17, 15) is 23.8 Å². The second-order valence-corrected chi connectivity index (χ2v) is 10.4.